The first-order chi connectivity index (χ1) is 18.3. The molecule has 2 saturated heterocycles. The van der Waals surface area contributed by atoms with E-state index >= 15 is 0 Å². The van der Waals surface area contributed by atoms with Gasteiger partial charge in [-0.1, -0.05) is 35.9 Å². The highest BCUT2D eigenvalue weighted by molar-refractivity contribution is 6.31. The highest BCUT2D eigenvalue weighted by Crippen LogP contribution is 2.59. The molecule has 1 saturated carbocycles. The van der Waals surface area contributed by atoms with Crippen LogP contribution in [0.4, 0.5) is 17.1 Å². The first-order valence-corrected chi connectivity index (χ1v) is 13.0. The number of carbonyl (C=O) groups is 2. The smallest absolute Gasteiger partial charge is 0.238 e. The summed E-state index contributed by atoms with van der Waals surface area (Å²) >= 11 is 6.35. The number of fused-ring (bicyclic) bond motifs is 3. The molecule has 6 atom stereocenters. The minimum Gasteiger partial charge on any atom is -0.508 e. The molecule has 3 aromatic rings. The van der Waals surface area contributed by atoms with Crippen LogP contribution in [-0.2, 0) is 14.3 Å². The number of aromatic hydroxyl groups is 1. The first kappa shape index (κ1) is 24.9. The number of nitrogens with zero attached hydrogens (tertiary/aromatic N) is 1. The van der Waals surface area contributed by atoms with Gasteiger partial charge in [0, 0.05) is 23.2 Å². The second kappa shape index (κ2) is 9.39. The molecule has 6 rings (SSSR count). The van der Waals surface area contributed by atoms with Gasteiger partial charge in [0.1, 0.15) is 5.75 Å². The van der Waals surface area contributed by atoms with Crippen molar-refractivity contribution in [2.45, 2.75) is 24.7 Å². The number of phenolic OH excluding ortho intramolecular Hbond substituents is 1. The highest BCUT2D eigenvalue weighted by atomic mass is 35.5. The van der Waals surface area contributed by atoms with Gasteiger partial charge in [-0.3, -0.25) is 14.5 Å². The molecule has 3 fully saturated rings. The molecule has 8 nitrogen and oxygen atoms in total. The average Bonchev–Trinajstić information content (AvgIpc) is 3.38. The van der Waals surface area contributed by atoms with Crippen LogP contribution in [0.5, 0.6) is 5.75 Å². The lowest BCUT2D eigenvalue weighted by atomic mass is 9.64. The number of amides is 2. The topological polar surface area (TPSA) is 119 Å². The van der Waals surface area contributed by atoms with Gasteiger partial charge in [0.25, 0.3) is 0 Å². The monoisotopic (exact) mass is 534 g/mol. The van der Waals surface area contributed by atoms with E-state index in [0.29, 0.717) is 11.3 Å². The molecular weight excluding hydrogens is 508 g/mol. The predicted molar refractivity (Wildman–Crippen MR) is 141 cm³/mol. The number of aliphatic hydroxyl groups excluding tert-OH is 1. The number of rotatable bonds is 5. The van der Waals surface area contributed by atoms with E-state index in [9.17, 15) is 24.9 Å². The van der Waals surface area contributed by atoms with Gasteiger partial charge in [-0.25, -0.2) is 0 Å². The lowest BCUT2D eigenvalue weighted by molar-refractivity contribution is -0.274. The molecule has 0 unspecified atom stereocenters. The summed E-state index contributed by atoms with van der Waals surface area (Å²) < 4.78 is 6.11. The molecule has 4 N–H and O–H groups in total. The van der Waals surface area contributed by atoms with Gasteiger partial charge in [-0.05, 0) is 66.9 Å². The van der Waals surface area contributed by atoms with Crippen molar-refractivity contribution in [1.82, 2.24) is 0 Å². The number of phenols is 1. The number of imide groups is 1. The summed E-state index contributed by atoms with van der Waals surface area (Å²) in [5.41, 5.74) is 2.74. The summed E-state index contributed by atoms with van der Waals surface area (Å²) in [6.07, 6.45) is -0.295. The van der Waals surface area contributed by atoms with Crippen molar-refractivity contribution >= 4 is 40.5 Å². The zero-order valence-corrected chi connectivity index (χ0v) is 21.1. The fraction of sp³-hybridized carbons (Fsp3) is 0.310. The maximum absolute atomic E-state index is 13.8. The molecule has 0 aromatic heterocycles. The summed E-state index contributed by atoms with van der Waals surface area (Å²) in [6.45, 7) is -0.395. The van der Waals surface area contributed by atoms with Crippen molar-refractivity contribution in [3.8, 4) is 5.75 Å². The predicted octanol–water partition coefficient (Wildman–Crippen LogP) is 4.37. The Morgan fingerprint density at radius 1 is 0.974 bits per heavy atom. The number of nitrogens with one attached hydrogen (secondary N) is 1. The number of halogens is 1. The van der Waals surface area contributed by atoms with Crippen molar-refractivity contribution in [2.75, 3.05) is 16.8 Å². The largest absolute Gasteiger partial charge is 0.508 e. The Hall–Kier alpha value is -3.43. The number of aliphatic hydroxyl groups is 2. The Bertz CT molecular complexity index is 1380. The molecule has 2 aliphatic heterocycles. The van der Waals surface area contributed by atoms with Gasteiger partial charge in [-0.2, -0.15) is 0 Å². The molecular formula is C29H27ClN2O6. The van der Waals surface area contributed by atoms with Crippen LogP contribution in [0.1, 0.15) is 24.5 Å². The van der Waals surface area contributed by atoms with E-state index in [-0.39, 0.29) is 35.4 Å². The normalized spacial score (nSPS) is 30.3. The first-order valence-electron chi connectivity index (χ1n) is 12.6. The molecule has 3 aromatic carbocycles. The van der Waals surface area contributed by atoms with Crippen LogP contribution >= 0.6 is 11.6 Å². The molecule has 9 heteroatoms. The lowest BCUT2D eigenvalue weighted by Gasteiger charge is -2.44. The zero-order valence-electron chi connectivity index (χ0n) is 20.3. The Balaban J connectivity index is 1.29. The van der Waals surface area contributed by atoms with E-state index in [2.05, 4.69) is 5.32 Å². The second-order valence-corrected chi connectivity index (χ2v) is 10.6. The van der Waals surface area contributed by atoms with E-state index < -0.39 is 42.2 Å². The fourth-order valence-corrected chi connectivity index (χ4v) is 6.60. The van der Waals surface area contributed by atoms with Crippen molar-refractivity contribution in [1.29, 1.82) is 0 Å². The Morgan fingerprint density at radius 2 is 1.68 bits per heavy atom. The summed E-state index contributed by atoms with van der Waals surface area (Å²) in [4.78, 5) is 28.5. The number of carbonyl (C=O) groups excluding carboxylic acids is 2. The standard InChI is InChI=1S/C29H27ClN2O6/c30-24-13-20(34)10-11-21(24)25-14-23-26-22(12-16(15-33)29(23,37)38-25)27(35)32(28(26)36)19-8-6-18(7-9-19)31-17-4-2-1-3-5-17/h1-11,13,16,22-23,25-26,31,33-34,37H,12,14-15H2/t16-,22+,23+,25+,26+,29-/m1/s1. The third kappa shape index (κ3) is 3.96. The number of para-hydroxylation sites is 1. The van der Waals surface area contributed by atoms with Crippen LogP contribution in [0.3, 0.4) is 0 Å². The van der Waals surface area contributed by atoms with Gasteiger partial charge in [0.15, 0.2) is 5.79 Å². The van der Waals surface area contributed by atoms with Crippen molar-refractivity contribution in [2.24, 2.45) is 23.7 Å². The van der Waals surface area contributed by atoms with Gasteiger partial charge in [-0.15, -0.1) is 0 Å². The lowest BCUT2D eigenvalue weighted by Crippen LogP contribution is -2.54. The van der Waals surface area contributed by atoms with Gasteiger partial charge in [0.2, 0.25) is 11.8 Å². The van der Waals surface area contributed by atoms with Crippen molar-refractivity contribution < 1.29 is 29.6 Å². The third-order valence-corrected chi connectivity index (χ3v) is 8.43. The quantitative estimate of drug-likeness (QED) is 0.359. The third-order valence-electron chi connectivity index (χ3n) is 8.10. The average molecular weight is 535 g/mol. The molecule has 0 radical (unpaired) electrons. The van der Waals surface area contributed by atoms with Gasteiger partial charge >= 0.3 is 0 Å². The number of hydrogen-bond donors (Lipinski definition) is 4. The van der Waals surface area contributed by atoms with Crippen molar-refractivity contribution in [3.05, 3.63) is 83.4 Å². The van der Waals surface area contributed by atoms with E-state index in [1.165, 1.54) is 17.0 Å². The zero-order chi connectivity index (χ0) is 26.6. The minimum atomic E-state index is -1.79. The van der Waals surface area contributed by atoms with Crippen LogP contribution < -0.4 is 10.2 Å². The molecule has 38 heavy (non-hydrogen) atoms. The number of hydrogen-bond acceptors (Lipinski definition) is 7. The fourth-order valence-electron chi connectivity index (χ4n) is 6.30. The molecule has 2 amide bonds. The van der Waals surface area contributed by atoms with Crippen LogP contribution in [-0.4, -0.2) is 39.5 Å². The van der Waals surface area contributed by atoms with Crippen LogP contribution in [0.25, 0.3) is 0 Å². The molecule has 3 aliphatic rings. The van der Waals surface area contributed by atoms with Crippen LogP contribution in [0, 0.1) is 23.7 Å². The summed E-state index contributed by atoms with van der Waals surface area (Å²) in [7, 11) is 0. The van der Waals surface area contributed by atoms with E-state index in [4.69, 9.17) is 16.3 Å². The summed E-state index contributed by atoms with van der Waals surface area (Å²) in [5.74, 6) is -5.45. The van der Waals surface area contributed by atoms with E-state index in [1.54, 1.807) is 30.3 Å². The Kier molecular flexibility index (Phi) is 6.15. The minimum absolute atomic E-state index is 0.00151. The second-order valence-electron chi connectivity index (χ2n) is 10.2. The maximum Gasteiger partial charge on any atom is 0.238 e. The maximum atomic E-state index is 13.8. The Labute approximate surface area is 224 Å². The van der Waals surface area contributed by atoms with Crippen LogP contribution in [0.15, 0.2) is 72.8 Å². The number of benzene rings is 3. The molecule has 196 valence electrons. The van der Waals surface area contributed by atoms with Crippen molar-refractivity contribution in [3.63, 3.8) is 0 Å². The molecule has 1 aliphatic carbocycles. The summed E-state index contributed by atoms with van der Waals surface area (Å²) in [6, 6.07) is 21.2. The Morgan fingerprint density at radius 3 is 2.37 bits per heavy atom. The number of ether oxygens (including phenoxy) is 1. The van der Waals surface area contributed by atoms with Gasteiger partial charge < -0.3 is 25.4 Å². The number of anilines is 3. The van der Waals surface area contributed by atoms with E-state index in [1.807, 2.05) is 30.3 Å². The molecule has 2 heterocycles. The summed E-state index contributed by atoms with van der Waals surface area (Å²) in [5, 5.41) is 35.1. The van der Waals surface area contributed by atoms with Crippen LogP contribution in [0.2, 0.25) is 5.02 Å². The molecule has 0 bridgehead atoms. The molecule has 0 spiro atoms. The SMILES string of the molecule is O=C1[C@H]2[C@H](C[C@H](CO)[C@@]3(O)O[C@H](c4ccc(O)cc4Cl)C[C@@H]23)C(=O)N1c1ccc(Nc2ccccc2)cc1. The van der Waals surface area contributed by atoms with E-state index in [0.717, 1.165) is 11.4 Å². The van der Waals surface area contributed by atoms with Gasteiger partial charge in [0.05, 0.1) is 35.3 Å². The highest BCUT2D eigenvalue weighted by Gasteiger charge is 2.66.